The van der Waals surface area contributed by atoms with Crippen molar-refractivity contribution in [1.29, 1.82) is 0 Å². The number of hydrogen-bond acceptors (Lipinski definition) is 4. The minimum atomic E-state index is 0. The highest BCUT2D eigenvalue weighted by atomic mass is 127. The van der Waals surface area contributed by atoms with Crippen LogP contribution in [0.25, 0.3) is 0 Å². The zero-order valence-electron chi connectivity index (χ0n) is 20.4. The van der Waals surface area contributed by atoms with Crippen LogP contribution in [-0.4, -0.2) is 68.2 Å². The van der Waals surface area contributed by atoms with E-state index in [1.165, 1.54) is 42.6 Å². The minimum Gasteiger partial charge on any atom is -0.379 e. The average Bonchev–Trinajstić information content (AvgIpc) is 3.39. The first-order valence-electron chi connectivity index (χ1n) is 12.5. The monoisotopic (exact) mass is 577 g/mol. The first-order valence-corrected chi connectivity index (χ1v) is 12.5. The van der Waals surface area contributed by atoms with Crippen LogP contribution in [0.3, 0.4) is 0 Å². The van der Waals surface area contributed by atoms with Crippen LogP contribution in [0, 0.1) is 0 Å². The van der Waals surface area contributed by atoms with E-state index in [0.717, 1.165) is 51.9 Å². The van der Waals surface area contributed by atoms with E-state index >= 15 is 0 Å². The molecular weight excluding hydrogens is 537 g/mol. The molecule has 7 heteroatoms. The molecule has 0 radical (unpaired) electrons. The summed E-state index contributed by atoms with van der Waals surface area (Å²) in [5.41, 5.74) is 4.03. The summed E-state index contributed by atoms with van der Waals surface area (Å²) in [5, 5.41) is 7.08. The predicted molar refractivity (Wildman–Crippen MR) is 151 cm³/mol. The van der Waals surface area contributed by atoms with E-state index in [1.807, 2.05) is 0 Å². The Morgan fingerprint density at radius 1 is 0.912 bits per heavy atom. The molecule has 0 saturated carbocycles. The van der Waals surface area contributed by atoms with Gasteiger partial charge >= 0.3 is 0 Å². The lowest BCUT2D eigenvalue weighted by Crippen LogP contribution is -2.42. The van der Waals surface area contributed by atoms with Crippen molar-refractivity contribution in [2.45, 2.75) is 38.9 Å². The number of ether oxygens (including phenoxy) is 1. The van der Waals surface area contributed by atoms with Gasteiger partial charge in [0.1, 0.15) is 0 Å². The number of rotatable bonds is 9. The van der Waals surface area contributed by atoms with Crippen LogP contribution in [0.1, 0.15) is 42.5 Å². The van der Waals surface area contributed by atoms with E-state index in [0.29, 0.717) is 12.6 Å². The van der Waals surface area contributed by atoms with Crippen molar-refractivity contribution >= 4 is 29.9 Å². The molecule has 0 aliphatic carbocycles. The van der Waals surface area contributed by atoms with Crippen molar-refractivity contribution in [2.75, 3.05) is 52.5 Å². The highest BCUT2D eigenvalue weighted by molar-refractivity contribution is 14.0. The molecule has 0 aromatic heterocycles. The van der Waals surface area contributed by atoms with Gasteiger partial charge in [-0.25, -0.2) is 4.99 Å². The molecule has 6 nitrogen and oxygen atoms in total. The Balaban J connectivity index is 0.00000324. The number of aliphatic imine (C=N–C) groups is 1. The molecule has 2 N–H and O–H groups in total. The van der Waals surface area contributed by atoms with Crippen LogP contribution in [0.4, 0.5) is 0 Å². The van der Waals surface area contributed by atoms with Gasteiger partial charge in [-0.1, -0.05) is 54.6 Å². The Kier molecular flexibility index (Phi) is 11.6. The van der Waals surface area contributed by atoms with Gasteiger partial charge in [-0.05, 0) is 49.5 Å². The SMILES string of the molecule is CCNC(=NCc1ccccc1CN1CCOCC1)NCC(c1ccccc1)N1CCCC1.I. The van der Waals surface area contributed by atoms with Crippen molar-refractivity contribution < 1.29 is 4.74 Å². The Morgan fingerprint density at radius 2 is 1.59 bits per heavy atom. The highest BCUT2D eigenvalue weighted by Gasteiger charge is 2.23. The molecule has 4 rings (SSSR count). The third-order valence-corrected chi connectivity index (χ3v) is 6.60. The highest BCUT2D eigenvalue weighted by Crippen LogP contribution is 2.24. The van der Waals surface area contributed by atoms with Crippen molar-refractivity contribution in [1.82, 2.24) is 20.4 Å². The Morgan fingerprint density at radius 3 is 2.29 bits per heavy atom. The Labute approximate surface area is 222 Å². The van der Waals surface area contributed by atoms with Crippen LogP contribution < -0.4 is 10.6 Å². The average molecular weight is 578 g/mol. The second kappa shape index (κ2) is 14.7. The van der Waals surface area contributed by atoms with Gasteiger partial charge in [0.15, 0.2) is 5.96 Å². The maximum absolute atomic E-state index is 5.50. The smallest absolute Gasteiger partial charge is 0.191 e. The van der Waals surface area contributed by atoms with Gasteiger partial charge < -0.3 is 15.4 Å². The lowest BCUT2D eigenvalue weighted by molar-refractivity contribution is 0.0341. The van der Waals surface area contributed by atoms with Crippen LogP contribution in [-0.2, 0) is 17.8 Å². The summed E-state index contributed by atoms with van der Waals surface area (Å²) in [6, 6.07) is 19.9. The fraction of sp³-hybridized carbons (Fsp3) is 0.519. The van der Waals surface area contributed by atoms with E-state index in [1.54, 1.807) is 0 Å². The molecule has 2 aromatic rings. The lowest BCUT2D eigenvalue weighted by Gasteiger charge is -2.29. The van der Waals surface area contributed by atoms with E-state index in [-0.39, 0.29) is 24.0 Å². The molecular formula is C27H40IN5O. The van der Waals surface area contributed by atoms with Crippen molar-refractivity contribution in [3.8, 4) is 0 Å². The predicted octanol–water partition coefficient (Wildman–Crippen LogP) is 4.03. The summed E-state index contributed by atoms with van der Waals surface area (Å²) in [6.45, 7) is 11.5. The van der Waals surface area contributed by atoms with Gasteiger partial charge in [0.25, 0.3) is 0 Å². The molecule has 1 atom stereocenters. The summed E-state index contributed by atoms with van der Waals surface area (Å²) in [6.07, 6.45) is 2.58. The second-order valence-electron chi connectivity index (χ2n) is 8.90. The number of hydrogen-bond donors (Lipinski definition) is 2. The largest absolute Gasteiger partial charge is 0.379 e. The fourth-order valence-electron chi connectivity index (χ4n) is 4.75. The first kappa shape index (κ1) is 26.9. The first-order chi connectivity index (χ1) is 16.3. The van der Waals surface area contributed by atoms with E-state index in [9.17, 15) is 0 Å². The minimum absolute atomic E-state index is 0. The molecule has 2 aliphatic heterocycles. The van der Waals surface area contributed by atoms with Gasteiger partial charge in [-0.2, -0.15) is 0 Å². The van der Waals surface area contributed by atoms with Crippen LogP contribution in [0.15, 0.2) is 59.6 Å². The molecule has 0 bridgehead atoms. The van der Waals surface area contributed by atoms with Crippen molar-refractivity contribution in [3.05, 3.63) is 71.3 Å². The topological polar surface area (TPSA) is 52.1 Å². The third kappa shape index (κ3) is 7.93. The number of likely N-dealkylation sites (tertiary alicyclic amines) is 1. The lowest BCUT2D eigenvalue weighted by atomic mass is 10.1. The summed E-state index contributed by atoms with van der Waals surface area (Å²) in [4.78, 5) is 10.0. The maximum atomic E-state index is 5.50. The van der Waals surface area contributed by atoms with Gasteiger partial charge in [0, 0.05) is 32.7 Å². The zero-order valence-corrected chi connectivity index (χ0v) is 22.7. The van der Waals surface area contributed by atoms with Crippen molar-refractivity contribution in [2.24, 2.45) is 4.99 Å². The molecule has 2 aromatic carbocycles. The van der Waals surface area contributed by atoms with Crippen LogP contribution in [0.5, 0.6) is 0 Å². The number of nitrogens with one attached hydrogen (secondary N) is 2. The van der Waals surface area contributed by atoms with Crippen LogP contribution in [0.2, 0.25) is 0 Å². The quantitative estimate of drug-likeness (QED) is 0.268. The Bertz CT molecular complexity index is 866. The molecule has 2 saturated heterocycles. The molecule has 1 unspecified atom stereocenters. The molecule has 2 heterocycles. The Hall–Kier alpha value is -1.68. The van der Waals surface area contributed by atoms with Crippen LogP contribution >= 0.6 is 24.0 Å². The normalized spacial score (nSPS) is 18.3. The summed E-state index contributed by atoms with van der Waals surface area (Å²) >= 11 is 0. The molecule has 0 spiro atoms. The molecule has 2 fully saturated rings. The molecule has 2 aliphatic rings. The molecule has 186 valence electrons. The zero-order chi connectivity index (χ0) is 22.7. The van der Waals surface area contributed by atoms with Gasteiger partial charge in [-0.3, -0.25) is 9.80 Å². The van der Waals surface area contributed by atoms with Gasteiger partial charge in [-0.15, -0.1) is 24.0 Å². The molecule has 0 amide bonds. The second-order valence-corrected chi connectivity index (χ2v) is 8.90. The third-order valence-electron chi connectivity index (χ3n) is 6.60. The van der Waals surface area contributed by atoms with E-state index in [4.69, 9.17) is 9.73 Å². The number of benzene rings is 2. The van der Waals surface area contributed by atoms with Gasteiger partial charge in [0.2, 0.25) is 0 Å². The molecule has 34 heavy (non-hydrogen) atoms. The van der Waals surface area contributed by atoms with E-state index in [2.05, 4.69) is 82.0 Å². The number of nitrogens with zero attached hydrogens (tertiary/aromatic N) is 3. The number of guanidine groups is 1. The fourth-order valence-corrected chi connectivity index (χ4v) is 4.75. The summed E-state index contributed by atoms with van der Waals surface area (Å²) in [7, 11) is 0. The number of halogens is 1. The standard InChI is InChI=1S/C27H39N5O.HI/c1-2-28-27(30-21-26(32-14-8-9-15-32)23-10-4-3-5-11-23)29-20-24-12-6-7-13-25(24)22-31-16-18-33-19-17-31;/h3-7,10-13,26H,2,8-9,14-22H2,1H3,(H2,28,29,30);1H. The van der Waals surface area contributed by atoms with E-state index < -0.39 is 0 Å². The van der Waals surface area contributed by atoms with Crippen molar-refractivity contribution in [3.63, 3.8) is 0 Å². The summed E-state index contributed by atoms with van der Waals surface area (Å²) < 4.78 is 5.50. The number of morpholine rings is 1. The van der Waals surface area contributed by atoms with Gasteiger partial charge in [0.05, 0.1) is 25.8 Å². The maximum Gasteiger partial charge on any atom is 0.191 e. The summed E-state index contributed by atoms with van der Waals surface area (Å²) in [5.74, 6) is 0.888.